The molecule has 0 spiro atoms. The van der Waals surface area contributed by atoms with Crippen molar-refractivity contribution >= 4 is 16.7 Å². The molecule has 31 heavy (non-hydrogen) atoms. The summed E-state index contributed by atoms with van der Waals surface area (Å²) in [6.07, 6.45) is 2.90. The number of fused-ring (bicyclic) bond motifs is 1. The number of carbonyl (C=O) groups excluding carboxylic acids is 1. The number of hydrogen-bond donors (Lipinski definition) is 0. The Hall–Kier alpha value is -2.77. The molecule has 2 aromatic carbocycles. The zero-order valence-electron chi connectivity index (χ0n) is 17.8. The maximum atomic E-state index is 14.0. The van der Waals surface area contributed by atoms with E-state index in [-0.39, 0.29) is 12.6 Å². The van der Waals surface area contributed by atoms with Crippen LogP contribution in [0.15, 0.2) is 48.5 Å². The Bertz CT molecular complexity index is 1010. The standard InChI is InChI=1S/C24H28FN3O3/c1-18(29)19-7-9-21(10-8-19)31-17-30-16-4-13-27-14-11-20(12-15-27)24-22-5-2-3-6-23(22)28(25)26-24/h2-3,5-10,20H,4,11-17H2,1H3. The number of halogens is 1. The number of likely N-dealkylation sites (tertiary alicyclic amines) is 1. The molecule has 7 heteroatoms. The van der Waals surface area contributed by atoms with Crippen molar-refractivity contribution in [3.05, 3.63) is 59.8 Å². The number of ketones is 1. The van der Waals surface area contributed by atoms with Crippen molar-refractivity contribution in [3.8, 4) is 5.75 Å². The minimum atomic E-state index is 0.0391. The van der Waals surface area contributed by atoms with Crippen molar-refractivity contribution in [3.63, 3.8) is 0 Å². The van der Waals surface area contributed by atoms with Crippen LogP contribution in [0.25, 0.3) is 10.9 Å². The molecule has 0 radical (unpaired) electrons. The second kappa shape index (κ2) is 10.0. The van der Waals surface area contributed by atoms with Crippen LogP contribution in [0, 0.1) is 0 Å². The lowest BCUT2D eigenvalue weighted by molar-refractivity contribution is 0.0106. The Kier molecular flexibility index (Phi) is 6.94. The summed E-state index contributed by atoms with van der Waals surface area (Å²) in [5.41, 5.74) is 2.10. The van der Waals surface area contributed by atoms with E-state index in [9.17, 15) is 9.28 Å². The van der Waals surface area contributed by atoms with Crippen molar-refractivity contribution in [2.75, 3.05) is 33.0 Å². The van der Waals surface area contributed by atoms with E-state index in [0.29, 0.717) is 34.3 Å². The van der Waals surface area contributed by atoms with Gasteiger partial charge in [-0.05, 0) is 69.6 Å². The van der Waals surface area contributed by atoms with Crippen LogP contribution in [0.1, 0.15) is 48.2 Å². The lowest BCUT2D eigenvalue weighted by Gasteiger charge is -2.31. The molecule has 1 aliphatic rings. The fraction of sp³-hybridized carbons (Fsp3) is 0.417. The van der Waals surface area contributed by atoms with Gasteiger partial charge in [0.15, 0.2) is 12.6 Å². The number of hydrogen-bond acceptors (Lipinski definition) is 5. The van der Waals surface area contributed by atoms with E-state index in [0.717, 1.165) is 50.0 Å². The fourth-order valence-corrected chi connectivity index (χ4v) is 4.13. The number of aromatic nitrogens is 2. The van der Waals surface area contributed by atoms with E-state index in [1.165, 1.54) is 0 Å². The molecule has 0 aliphatic carbocycles. The van der Waals surface area contributed by atoms with Gasteiger partial charge in [-0.2, -0.15) is 0 Å². The quantitative estimate of drug-likeness (QED) is 0.285. The minimum Gasteiger partial charge on any atom is -0.468 e. The van der Waals surface area contributed by atoms with Crippen molar-refractivity contribution in [2.24, 2.45) is 0 Å². The largest absolute Gasteiger partial charge is 0.468 e. The van der Waals surface area contributed by atoms with Crippen molar-refractivity contribution in [1.82, 2.24) is 14.9 Å². The van der Waals surface area contributed by atoms with Crippen molar-refractivity contribution < 1.29 is 18.7 Å². The summed E-state index contributed by atoms with van der Waals surface area (Å²) >= 11 is 0. The van der Waals surface area contributed by atoms with E-state index < -0.39 is 0 Å². The van der Waals surface area contributed by atoms with Crippen LogP contribution < -0.4 is 4.74 Å². The van der Waals surface area contributed by atoms with Crippen molar-refractivity contribution in [1.29, 1.82) is 0 Å². The first-order valence-electron chi connectivity index (χ1n) is 10.8. The van der Waals surface area contributed by atoms with Gasteiger partial charge in [0.2, 0.25) is 0 Å². The molecule has 1 aliphatic heterocycles. The van der Waals surface area contributed by atoms with Crippen LogP contribution in [0.3, 0.4) is 0 Å². The predicted octanol–water partition coefficient (Wildman–Crippen LogP) is 4.59. The van der Waals surface area contributed by atoms with Crippen LogP contribution in [0.2, 0.25) is 0 Å². The summed E-state index contributed by atoms with van der Waals surface area (Å²) in [6.45, 7) is 5.30. The number of para-hydroxylation sites is 1. The van der Waals surface area contributed by atoms with E-state index in [1.807, 2.05) is 18.2 Å². The van der Waals surface area contributed by atoms with Gasteiger partial charge in [0.1, 0.15) is 11.3 Å². The number of Topliss-reactive ketones (excluding diaryl/α,β-unsaturated/α-hetero) is 1. The van der Waals surface area contributed by atoms with Crippen LogP contribution in [-0.4, -0.2) is 53.7 Å². The van der Waals surface area contributed by atoms with E-state index in [4.69, 9.17) is 9.47 Å². The summed E-state index contributed by atoms with van der Waals surface area (Å²) in [7, 11) is 0. The Balaban J connectivity index is 1.14. The second-order valence-corrected chi connectivity index (χ2v) is 7.98. The maximum Gasteiger partial charge on any atom is 0.189 e. The van der Waals surface area contributed by atoms with Crippen LogP contribution in [-0.2, 0) is 4.74 Å². The van der Waals surface area contributed by atoms with Gasteiger partial charge in [0, 0.05) is 23.4 Å². The Labute approximate surface area is 181 Å². The fourth-order valence-electron chi connectivity index (χ4n) is 4.13. The molecule has 0 atom stereocenters. The third-order valence-electron chi connectivity index (χ3n) is 5.88. The SMILES string of the molecule is CC(=O)c1ccc(OCOCCCN2CCC(c3nn(F)c4ccccc34)CC2)cc1. The van der Waals surface area contributed by atoms with Crippen LogP contribution >= 0.6 is 0 Å². The molecule has 3 aromatic rings. The third-order valence-corrected chi connectivity index (χ3v) is 5.88. The maximum absolute atomic E-state index is 14.0. The molecular formula is C24H28FN3O3. The van der Waals surface area contributed by atoms with E-state index in [1.54, 1.807) is 37.3 Å². The first kappa shape index (κ1) is 21.5. The smallest absolute Gasteiger partial charge is 0.189 e. The van der Waals surface area contributed by atoms with Gasteiger partial charge >= 0.3 is 0 Å². The monoisotopic (exact) mass is 425 g/mol. The highest BCUT2D eigenvalue weighted by Crippen LogP contribution is 2.32. The number of carbonyl (C=O) groups is 1. The molecule has 164 valence electrons. The zero-order valence-corrected chi connectivity index (χ0v) is 17.8. The summed E-state index contributed by atoms with van der Waals surface area (Å²) in [5.74, 6) is 1.03. The lowest BCUT2D eigenvalue weighted by atomic mass is 9.91. The van der Waals surface area contributed by atoms with Crippen LogP contribution in [0.4, 0.5) is 4.48 Å². The van der Waals surface area contributed by atoms with E-state index in [2.05, 4.69) is 10.00 Å². The molecule has 0 N–H and O–H groups in total. The summed E-state index contributed by atoms with van der Waals surface area (Å²) in [5, 5.41) is 5.08. The first-order valence-corrected chi connectivity index (χ1v) is 10.8. The van der Waals surface area contributed by atoms with Gasteiger partial charge < -0.3 is 14.4 Å². The summed E-state index contributed by atoms with van der Waals surface area (Å²) in [6, 6.07) is 14.6. The van der Waals surface area contributed by atoms with Crippen LogP contribution in [0.5, 0.6) is 5.75 Å². The van der Waals surface area contributed by atoms with Gasteiger partial charge in [-0.1, -0.05) is 27.6 Å². The molecule has 4 rings (SSSR count). The minimum absolute atomic E-state index is 0.0391. The molecule has 2 heterocycles. The Morgan fingerprint density at radius 3 is 2.61 bits per heavy atom. The van der Waals surface area contributed by atoms with Gasteiger partial charge in [-0.3, -0.25) is 4.79 Å². The average molecular weight is 426 g/mol. The third kappa shape index (κ3) is 5.29. The number of nitrogens with zero attached hydrogens (tertiary/aromatic N) is 3. The average Bonchev–Trinajstić information content (AvgIpc) is 3.13. The van der Waals surface area contributed by atoms with Gasteiger partial charge in [-0.15, -0.1) is 5.10 Å². The molecular weight excluding hydrogens is 397 g/mol. The number of ether oxygens (including phenoxy) is 2. The molecule has 0 unspecified atom stereocenters. The lowest BCUT2D eigenvalue weighted by Crippen LogP contribution is -2.34. The van der Waals surface area contributed by atoms with Gasteiger partial charge in [-0.25, -0.2) is 0 Å². The molecule has 0 bridgehead atoms. The number of piperidine rings is 1. The summed E-state index contributed by atoms with van der Waals surface area (Å²) < 4.78 is 25.1. The van der Waals surface area contributed by atoms with Gasteiger partial charge in [0.05, 0.1) is 12.3 Å². The van der Waals surface area contributed by atoms with Crippen molar-refractivity contribution in [2.45, 2.75) is 32.1 Å². The molecule has 1 aromatic heterocycles. The first-order chi connectivity index (χ1) is 15.1. The topological polar surface area (TPSA) is 56.6 Å². The molecule has 0 saturated carbocycles. The second-order valence-electron chi connectivity index (χ2n) is 7.98. The number of rotatable bonds is 9. The van der Waals surface area contributed by atoms with E-state index >= 15 is 0 Å². The molecule has 0 amide bonds. The molecule has 1 saturated heterocycles. The molecule has 1 fully saturated rings. The Morgan fingerprint density at radius 1 is 1.13 bits per heavy atom. The summed E-state index contributed by atoms with van der Waals surface area (Å²) in [4.78, 5) is 14.2. The zero-order chi connectivity index (χ0) is 21.6. The highest BCUT2D eigenvalue weighted by atomic mass is 19.2. The highest BCUT2D eigenvalue weighted by molar-refractivity contribution is 5.94. The highest BCUT2D eigenvalue weighted by Gasteiger charge is 2.25. The van der Waals surface area contributed by atoms with Gasteiger partial charge in [0.25, 0.3) is 0 Å². The predicted molar refractivity (Wildman–Crippen MR) is 117 cm³/mol. The normalized spacial score (nSPS) is 15.4. The Morgan fingerprint density at radius 2 is 1.87 bits per heavy atom. The molecule has 6 nitrogen and oxygen atoms in total. The number of benzene rings is 2.